The van der Waals surface area contributed by atoms with Crippen LogP contribution in [-0.4, -0.2) is 34.9 Å². The molecule has 4 nitrogen and oxygen atoms in total. The van der Waals surface area contributed by atoms with E-state index in [-0.39, 0.29) is 13.2 Å². The first-order valence-corrected chi connectivity index (χ1v) is 7.67. The molecule has 1 aliphatic rings. The minimum Gasteiger partial charge on any atom is -0.396 e. The van der Waals surface area contributed by atoms with Crippen molar-refractivity contribution in [3.8, 4) is 0 Å². The third-order valence-corrected chi connectivity index (χ3v) is 4.31. The Morgan fingerprint density at radius 2 is 2.10 bits per heavy atom. The number of hydrogen-bond acceptors (Lipinski definition) is 4. The largest absolute Gasteiger partial charge is 0.396 e. The quantitative estimate of drug-likeness (QED) is 0.905. The van der Waals surface area contributed by atoms with Gasteiger partial charge >= 0.3 is 0 Å². The Hall–Kier alpha value is -1.65. The summed E-state index contributed by atoms with van der Waals surface area (Å²) < 4.78 is 0. The number of anilines is 1. The second kappa shape index (κ2) is 6.41. The average Bonchev–Trinajstić information content (AvgIpc) is 2.54. The van der Waals surface area contributed by atoms with Crippen LogP contribution < -0.4 is 4.90 Å². The summed E-state index contributed by atoms with van der Waals surface area (Å²) in [6.07, 6.45) is 3.13. The first-order valence-electron chi connectivity index (χ1n) is 7.67. The van der Waals surface area contributed by atoms with Gasteiger partial charge in [0.25, 0.3) is 0 Å². The van der Waals surface area contributed by atoms with E-state index in [2.05, 4.69) is 4.90 Å². The fourth-order valence-electron chi connectivity index (χ4n) is 3.22. The van der Waals surface area contributed by atoms with Crippen molar-refractivity contribution in [1.82, 2.24) is 4.98 Å². The molecule has 1 fully saturated rings. The van der Waals surface area contributed by atoms with E-state index in [4.69, 9.17) is 10.1 Å². The Labute approximate surface area is 125 Å². The lowest BCUT2D eigenvalue weighted by Crippen LogP contribution is -2.37. The van der Waals surface area contributed by atoms with Crippen LogP contribution in [0.25, 0.3) is 10.9 Å². The monoisotopic (exact) mass is 286 g/mol. The number of pyridine rings is 1. The second-order valence-corrected chi connectivity index (χ2v) is 5.79. The first kappa shape index (κ1) is 14.3. The topological polar surface area (TPSA) is 56.6 Å². The lowest BCUT2D eigenvalue weighted by atomic mass is 9.95. The molecule has 1 saturated heterocycles. The third-order valence-electron chi connectivity index (χ3n) is 4.31. The molecule has 0 amide bonds. The van der Waals surface area contributed by atoms with Crippen molar-refractivity contribution in [1.29, 1.82) is 0 Å². The molecule has 0 radical (unpaired) electrons. The molecule has 112 valence electrons. The Morgan fingerprint density at radius 1 is 1.24 bits per heavy atom. The summed E-state index contributed by atoms with van der Waals surface area (Å²) in [6.45, 7) is 2.14. The van der Waals surface area contributed by atoms with Crippen molar-refractivity contribution in [3.63, 3.8) is 0 Å². The first-order chi connectivity index (χ1) is 10.3. The van der Waals surface area contributed by atoms with Crippen LogP contribution in [0.1, 0.15) is 24.8 Å². The molecule has 1 aromatic carbocycles. The van der Waals surface area contributed by atoms with Gasteiger partial charge in [0.05, 0.1) is 12.1 Å². The molecule has 1 atom stereocenters. The predicted molar refractivity (Wildman–Crippen MR) is 84.3 cm³/mol. The number of benzene rings is 1. The van der Waals surface area contributed by atoms with Crippen molar-refractivity contribution < 1.29 is 10.2 Å². The molecule has 0 saturated carbocycles. The van der Waals surface area contributed by atoms with E-state index in [9.17, 15) is 5.11 Å². The number of rotatable bonds is 4. The van der Waals surface area contributed by atoms with Gasteiger partial charge in [0, 0.05) is 30.6 Å². The Balaban J connectivity index is 1.94. The highest BCUT2D eigenvalue weighted by atomic mass is 16.3. The summed E-state index contributed by atoms with van der Waals surface area (Å²) >= 11 is 0. The van der Waals surface area contributed by atoms with E-state index >= 15 is 0 Å². The van der Waals surface area contributed by atoms with E-state index in [1.807, 2.05) is 30.3 Å². The zero-order valence-electron chi connectivity index (χ0n) is 12.2. The number of aliphatic hydroxyl groups excluding tert-OH is 2. The van der Waals surface area contributed by atoms with E-state index in [1.165, 1.54) is 6.42 Å². The van der Waals surface area contributed by atoms with E-state index in [0.29, 0.717) is 5.92 Å². The molecule has 1 aromatic heterocycles. The summed E-state index contributed by atoms with van der Waals surface area (Å²) in [6, 6.07) is 10.0. The fraction of sp³-hybridized carbons (Fsp3) is 0.471. The number of piperidine rings is 1. The summed E-state index contributed by atoms with van der Waals surface area (Å²) in [7, 11) is 0. The van der Waals surface area contributed by atoms with Crippen molar-refractivity contribution in [2.24, 2.45) is 5.92 Å². The number of aromatic nitrogens is 1. The predicted octanol–water partition coefficient (Wildman–Crippen LogP) is 2.33. The molecule has 0 unspecified atom stereocenters. The number of fused-ring (bicyclic) bond motifs is 1. The molecular weight excluding hydrogens is 264 g/mol. The van der Waals surface area contributed by atoms with E-state index in [1.54, 1.807) is 0 Å². The Morgan fingerprint density at radius 3 is 2.90 bits per heavy atom. The zero-order chi connectivity index (χ0) is 14.7. The van der Waals surface area contributed by atoms with Crippen LogP contribution in [0, 0.1) is 5.92 Å². The molecular formula is C17H22N2O2. The average molecular weight is 286 g/mol. The number of aliphatic hydroxyl groups is 2. The Kier molecular flexibility index (Phi) is 4.36. The molecule has 4 heteroatoms. The summed E-state index contributed by atoms with van der Waals surface area (Å²) in [5.74, 6) is 1.42. The minimum absolute atomic E-state index is 0.00827. The van der Waals surface area contributed by atoms with Gasteiger partial charge in [-0.2, -0.15) is 0 Å². The lowest BCUT2D eigenvalue weighted by Gasteiger charge is -2.34. The standard InChI is InChI=1S/C17H22N2O2/c20-9-7-13-4-3-8-19(11-13)17-15(12-21)10-14-5-1-2-6-16(14)18-17/h1-2,5-6,10,13,20-21H,3-4,7-9,11-12H2/t13-/m0/s1. The maximum atomic E-state index is 9.67. The molecule has 0 aliphatic carbocycles. The molecule has 2 N–H and O–H groups in total. The normalized spacial score (nSPS) is 19.1. The number of nitrogens with zero attached hydrogens (tertiary/aromatic N) is 2. The summed E-state index contributed by atoms with van der Waals surface area (Å²) in [5.41, 5.74) is 1.85. The second-order valence-electron chi connectivity index (χ2n) is 5.79. The highest BCUT2D eigenvalue weighted by Gasteiger charge is 2.22. The van der Waals surface area contributed by atoms with Gasteiger partial charge in [-0.25, -0.2) is 4.98 Å². The maximum Gasteiger partial charge on any atom is 0.134 e. The maximum absolute atomic E-state index is 9.67. The molecule has 2 heterocycles. The van der Waals surface area contributed by atoms with Gasteiger partial charge < -0.3 is 15.1 Å². The van der Waals surface area contributed by atoms with Crippen molar-refractivity contribution in [3.05, 3.63) is 35.9 Å². The van der Waals surface area contributed by atoms with Gasteiger partial charge in [0.15, 0.2) is 0 Å². The summed E-state index contributed by atoms with van der Waals surface area (Å²) in [5, 5.41) is 19.9. The van der Waals surface area contributed by atoms with Gasteiger partial charge in [0.1, 0.15) is 5.82 Å². The minimum atomic E-state index is 0.00827. The van der Waals surface area contributed by atoms with Gasteiger partial charge in [-0.3, -0.25) is 0 Å². The molecule has 0 spiro atoms. The SMILES string of the molecule is OCC[C@@H]1CCCN(c2nc3ccccc3cc2CO)C1. The van der Waals surface area contributed by atoms with E-state index in [0.717, 1.165) is 48.2 Å². The van der Waals surface area contributed by atoms with Crippen LogP contribution in [0.5, 0.6) is 0 Å². The molecule has 0 bridgehead atoms. The van der Waals surface area contributed by atoms with Crippen molar-refractivity contribution in [2.45, 2.75) is 25.9 Å². The van der Waals surface area contributed by atoms with Crippen LogP contribution in [0.2, 0.25) is 0 Å². The van der Waals surface area contributed by atoms with Gasteiger partial charge in [-0.15, -0.1) is 0 Å². The molecule has 1 aliphatic heterocycles. The van der Waals surface area contributed by atoms with Crippen LogP contribution >= 0.6 is 0 Å². The summed E-state index contributed by atoms with van der Waals surface area (Å²) in [4.78, 5) is 7.03. The van der Waals surface area contributed by atoms with Crippen LogP contribution in [0.4, 0.5) is 5.82 Å². The zero-order valence-corrected chi connectivity index (χ0v) is 12.2. The number of para-hydroxylation sites is 1. The van der Waals surface area contributed by atoms with Crippen LogP contribution in [-0.2, 0) is 6.61 Å². The highest BCUT2D eigenvalue weighted by Crippen LogP contribution is 2.28. The van der Waals surface area contributed by atoms with E-state index < -0.39 is 0 Å². The highest BCUT2D eigenvalue weighted by molar-refractivity contribution is 5.81. The lowest BCUT2D eigenvalue weighted by molar-refractivity contribution is 0.243. The fourth-order valence-corrected chi connectivity index (χ4v) is 3.22. The van der Waals surface area contributed by atoms with Crippen molar-refractivity contribution >= 4 is 16.7 Å². The van der Waals surface area contributed by atoms with Crippen LogP contribution in [0.3, 0.4) is 0 Å². The smallest absolute Gasteiger partial charge is 0.134 e. The number of hydrogen-bond donors (Lipinski definition) is 2. The van der Waals surface area contributed by atoms with Crippen LogP contribution in [0.15, 0.2) is 30.3 Å². The molecule has 21 heavy (non-hydrogen) atoms. The molecule has 3 rings (SSSR count). The van der Waals surface area contributed by atoms with Crippen molar-refractivity contribution in [2.75, 3.05) is 24.6 Å². The van der Waals surface area contributed by atoms with Gasteiger partial charge in [-0.05, 0) is 37.3 Å². The van der Waals surface area contributed by atoms with Gasteiger partial charge in [-0.1, -0.05) is 18.2 Å². The third kappa shape index (κ3) is 3.01. The Bertz CT molecular complexity index is 613. The molecule has 2 aromatic rings. The van der Waals surface area contributed by atoms with Gasteiger partial charge in [0.2, 0.25) is 0 Å².